The maximum Gasteiger partial charge on any atom is 0.297 e. The Morgan fingerprint density at radius 1 is 1.50 bits per heavy atom. The Morgan fingerprint density at radius 3 is 2.95 bits per heavy atom. The summed E-state index contributed by atoms with van der Waals surface area (Å²) in [6.45, 7) is 1.68. The Kier molecular flexibility index (Phi) is 2.56. The molecule has 0 atom stereocenters. The van der Waals surface area contributed by atoms with Crippen molar-refractivity contribution in [3.63, 3.8) is 0 Å². The van der Waals surface area contributed by atoms with Crippen molar-refractivity contribution in [1.29, 1.82) is 0 Å². The van der Waals surface area contributed by atoms with Gasteiger partial charge in [0.2, 0.25) is 0 Å². The van der Waals surface area contributed by atoms with Crippen molar-refractivity contribution in [2.24, 2.45) is 5.73 Å². The maximum atomic E-state index is 11.2. The van der Waals surface area contributed by atoms with Gasteiger partial charge in [0.25, 0.3) is 5.69 Å². The summed E-state index contributed by atoms with van der Waals surface area (Å²) in [5.41, 5.74) is 6.63. The van der Waals surface area contributed by atoms with E-state index in [2.05, 4.69) is 10.3 Å². The Balaban J connectivity index is 2.18. The monoisotopic (exact) mass is 273 g/mol. The highest BCUT2D eigenvalue weighted by atomic mass is 16.6. The molecule has 0 radical (unpaired) electrons. The summed E-state index contributed by atoms with van der Waals surface area (Å²) in [5, 5.41) is 14.2. The molecule has 0 spiro atoms. The lowest BCUT2D eigenvalue weighted by atomic mass is 10.2. The minimum absolute atomic E-state index is 0.0724. The van der Waals surface area contributed by atoms with Gasteiger partial charge in [0, 0.05) is 12.4 Å². The van der Waals surface area contributed by atoms with Crippen LogP contribution < -0.4 is 15.8 Å². The number of anilines is 1. The number of imidazole rings is 1. The number of nitrogens with zero attached hydrogens (tertiary/aromatic N) is 3. The van der Waals surface area contributed by atoms with E-state index in [-0.39, 0.29) is 5.69 Å². The van der Waals surface area contributed by atoms with Crippen LogP contribution in [0.5, 0.6) is 5.75 Å². The molecule has 0 amide bonds. The fourth-order valence-corrected chi connectivity index (χ4v) is 1.95. The van der Waals surface area contributed by atoms with Crippen molar-refractivity contribution in [3.05, 3.63) is 52.5 Å². The molecule has 2 aromatic rings. The number of nitrogens with two attached hydrogens (primary N) is 1. The average Bonchev–Trinajstić information content (AvgIpc) is 2.92. The van der Waals surface area contributed by atoms with E-state index in [0.717, 1.165) is 0 Å². The zero-order valence-corrected chi connectivity index (χ0v) is 10.5. The van der Waals surface area contributed by atoms with Crippen molar-refractivity contribution < 1.29 is 9.66 Å². The molecule has 102 valence electrons. The molecule has 0 aliphatic carbocycles. The third-order valence-corrected chi connectivity index (χ3v) is 2.97. The van der Waals surface area contributed by atoms with Gasteiger partial charge >= 0.3 is 0 Å². The maximum absolute atomic E-state index is 11.2. The summed E-state index contributed by atoms with van der Waals surface area (Å²) in [6.07, 6.45) is 4.66. The van der Waals surface area contributed by atoms with Crippen LogP contribution in [0.2, 0.25) is 0 Å². The standard InChI is InChI=1S/C12H11N5O3/c1-7-12(13)15-8-4-9(16-3-2-14-6-16)10(17(18)19)5-11(8)20-7/h2-6,15H,13H2,1H3. The second kappa shape index (κ2) is 4.26. The van der Waals surface area contributed by atoms with Crippen molar-refractivity contribution in [2.45, 2.75) is 6.92 Å². The highest BCUT2D eigenvalue weighted by molar-refractivity contribution is 5.72. The molecule has 0 fully saturated rings. The molecule has 1 aromatic heterocycles. The molecule has 3 N–H and O–H groups in total. The topological polar surface area (TPSA) is 108 Å². The van der Waals surface area contributed by atoms with Crippen LogP contribution in [0, 0.1) is 10.1 Å². The van der Waals surface area contributed by atoms with Crippen LogP contribution in [0.1, 0.15) is 6.92 Å². The van der Waals surface area contributed by atoms with Crippen LogP contribution in [0.4, 0.5) is 11.4 Å². The molecule has 1 aromatic carbocycles. The molecular weight excluding hydrogens is 262 g/mol. The summed E-state index contributed by atoms with van der Waals surface area (Å²) in [5.74, 6) is 1.22. The Bertz CT molecular complexity index is 721. The largest absolute Gasteiger partial charge is 0.456 e. The molecule has 3 rings (SSSR count). The van der Waals surface area contributed by atoms with E-state index in [0.29, 0.717) is 28.7 Å². The Labute approximate surface area is 113 Å². The van der Waals surface area contributed by atoms with Gasteiger partial charge in [-0.2, -0.15) is 0 Å². The van der Waals surface area contributed by atoms with Crippen molar-refractivity contribution in [3.8, 4) is 11.4 Å². The Hall–Kier alpha value is -3.03. The lowest BCUT2D eigenvalue weighted by Gasteiger charge is -2.21. The highest BCUT2D eigenvalue weighted by Gasteiger charge is 2.23. The first-order valence-electron chi connectivity index (χ1n) is 5.78. The second-order valence-electron chi connectivity index (χ2n) is 4.26. The summed E-state index contributed by atoms with van der Waals surface area (Å²) in [6, 6.07) is 2.97. The molecule has 8 heteroatoms. The Morgan fingerprint density at radius 2 is 2.30 bits per heavy atom. The van der Waals surface area contributed by atoms with Crippen molar-refractivity contribution in [1.82, 2.24) is 9.55 Å². The summed E-state index contributed by atoms with van der Waals surface area (Å²) in [7, 11) is 0. The lowest BCUT2D eigenvalue weighted by molar-refractivity contribution is -0.384. The van der Waals surface area contributed by atoms with Crippen molar-refractivity contribution in [2.75, 3.05) is 5.32 Å². The van der Waals surface area contributed by atoms with Crippen LogP contribution in [0.3, 0.4) is 0 Å². The van der Waals surface area contributed by atoms with Gasteiger partial charge in [0.15, 0.2) is 5.75 Å². The molecule has 0 saturated carbocycles. The first-order chi connectivity index (χ1) is 9.56. The molecular formula is C12H11N5O3. The van der Waals surface area contributed by atoms with E-state index in [9.17, 15) is 10.1 Å². The number of hydrogen-bond donors (Lipinski definition) is 2. The molecule has 1 aliphatic heterocycles. The van der Waals surface area contributed by atoms with Gasteiger partial charge in [-0.1, -0.05) is 0 Å². The van der Waals surface area contributed by atoms with Crippen LogP contribution in [0.25, 0.3) is 5.69 Å². The highest BCUT2D eigenvalue weighted by Crippen LogP contribution is 2.38. The minimum Gasteiger partial charge on any atom is -0.456 e. The molecule has 2 heterocycles. The first-order valence-corrected chi connectivity index (χ1v) is 5.78. The van der Waals surface area contributed by atoms with Crippen LogP contribution >= 0.6 is 0 Å². The predicted octanol–water partition coefficient (Wildman–Crippen LogP) is 1.73. The number of nitro benzene ring substituents is 1. The number of fused-ring (bicyclic) bond motifs is 1. The quantitative estimate of drug-likeness (QED) is 0.637. The smallest absolute Gasteiger partial charge is 0.297 e. The fraction of sp³-hybridized carbons (Fsp3) is 0.0833. The number of allylic oxidation sites excluding steroid dienone is 1. The van der Waals surface area contributed by atoms with Crippen LogP contribution in [0.15, 0.2) is 42.4 Å². The van der Waals surface area contributed by atoms with Gasteiger partial charge in [0.1, 0.15) is 17.3 Å². The molecule has 1 aliphatic rings. The molecule has 0 bridgehead atoms. The van der Waals surface area contributed by atoms with E-state index >= 15 is 0 Å². The lowest BCUT2D eigenvalue weighted by Crippen LogP contribution is -2.19. The molecule has 0 saturated heterocycles. The molecule has 8 nitrogen and oxygen atoms in total. The normalized spacial score (nSPS) is 13.4. The van der Waals surface area contributed by atoms with Gasteiger partial charge in [-0.05, 0) is 13.0 Å². The third-order valence-electron chi connectivity index (χ3n) is 2.97. The van der Waals surface area contributed by atoms with E-state index in [1.54, 1.807) is 30.0 Å². The average molecular weight is 273 g/mol. The summed E-state index contributed by atoms with van der Waals surface area (Å²) in [4.78, 5) is 14.6. The minimum atomic E-state index is -0.462. The zero-order valence-electron chi connectivity index (χ0n) is 10.5. The number of rotatable bonds is 2. The zero-order chi connectivity index (χ0) is 14.3. The number of ether oxygens (including phenoxy) is 1. The van der Waals surface area contributed by atoms with E-state index in [4.69, 9.17) is 10.5 Å². The number of hydrogen-bond acceptors (Lipinski definition) is 6. The first kappa shape index (κ1) is 12.0. The number of benzene rings is 1. The van der Waals surface area contributed by atoms with Gasteiger partial charge < -0.3 is 20.4 Å². The number of aromatic nitrogens is 2. The summed E-state index contributed by atoms with van der Waals surface area (Å²) < 4.78 is 7.03. The van der Waals surface area contributed by atoms with Gasteiger partial charge in [-0.3, -0.25) is 10.1 Å². The van der Waals surface area contributed by atoms with Gasteiger partial charge in [0.05, 0.1) is 23.0 Å². The van der Waals surface area contributed by atoms with Crippen LogP contribution in [-0.2, 0) is 0 Å². The van der Waals surface area contributed by atoms with E-state index < -0.39 is 4.92 Å². The molecule has 0 unspecified atom stereocenters. The summed E-state index contributed by atoms with van der Waals surface area (Å²) >= 11 is 0. The third kappa shape index (κ3) is 1.83. The predicted molar refractivity (Wildman–Crippen MR) is 71.4 cm³/mol. The van der Waals surface area contributed by atoms with E-state index in [1.807, 2.05) is 0 Å². The fourth-order valence-electron chi connectivity index (χ4n) is 1.95. The van der Waals surface area contributed by atoms with E-state index in [1.165, 1.54) is 12.4 Å². The number of nitrogens with one attached hydrogen (secondary N) is 1. The van der Waals surface area contributed by atoms with Crippen molar-refractivity contribution >= 4 is 11.4 Å². The number of nitro groups is 1. The van der Waals surface area contributed by atoms with Gasteiger partial charge in [-0.25, -0.2) is 4.98 Å². The van der Waals surface area contributed by atoms with Gasteiger partial charge in [-0.15, -0.1) is 0 Å². The second-order valence-corrected chi connectivity index (χ2v) is 4.26. The van der Waals surface area contributed by atoms with Crippen LogP contribution in [-0.4, -0.2) is 14.5 Å². The molecule has 20 heavy (non-hydrogen) atoms. The SMILES string of the molecule is CC1=C(N)Nc2cc(-n3ccnc3)c([N+](=O)[O-])cc2O1.